The fourth-order valence-electron chi connectivity index (χ4n) is 2.64. The first kappa shape index (κ1) is 15.3. The molecule has 2 rings (SSSR count). The summed E-state index contributed by atoms with van der Waals surface area (Å²) in [5.74, 6) is 1.78. The lowest BCUT2D eigenvalue weighted by Crippen LogP contribution is -2.33. The normalized spacial score (nSPS) is 17.5. The molecular weight excluding hydrogens is 252 g/mol. The van der Waals surface area contributed by atoms with Crippen LogP contribution in [-0.2, 0) is 11.3 Å². The van der Waals surface area contributed by atoms with E-state index in [1.54, 1.807) is 0 Å². The largest absolute Gasteiger partial charge is 0.382 e. The van der Waals surface area contributed by atoms with Crippen molar-refractivity contribution in [3.05, 3.63) is 12.4 Å². The first-order chi connectivity index (χ1) is 9.79. The lowest BCUT2D eigenvalue weighted by atomic mass is 9.97. The Hall–Kier alpha value is -1.07. The minimum atomic E-state index is 0.778. The molecule has 0 atom stereocenters. The SMILES string of the molecule is CCOCCCn1ccnc1NCC1CCN(C)CC1. The Labute approximate surface area is 122 Å². The zero-order valence-corrected chi connectivity index (χ0v) is 12.8. The number of nitrogens with one attached hydrogen (secondary N) is 1. The molecule has 114 valence electrons. The summed E-state index contributed by atoms with van der Waals surface area (Å²) < 4.78 is 7.57. The van der Waals surface area contributed by atoms with E-state index in [4.69, 9.17) is 4.74 Å². The second-order valence-electron chi connectivity index (χ2n) is 5.62. The average Bonchev–Trinajstić information content (AvgIpc) is 2.90. The highest BCUT2D eigenvalue weighted by molar-refractivity contribution is 5.25. The molecule has 20 heavy (non-hydrogen) atoms. The van der Waals surface area contributed by atoms with Crippen molar-refractivity contribution < 1.29 is 4.74 Å². The molecule has 1 aliphatic heterocycles. The van der Waals surface area contributed by atoms with E-state index in [1.165, 1.54) is 25.9 Å². The smallest absolute Gasteiger partial charge is 0.202 e. The molecule has 1 N–H and O–H groups in total. The van der Waals surface area contributed by atoms with Crippen molar-refractivity contribution in [3.63, 3.8) is 0 Å². The van der Waals surface area contributed by atoms with Gasteiger partial charge in [-0.3, -0.25) is 0 Å². The van der Waals surface area contributed by atoms with Crippen LogP contribution < -0.4 is 5.32 Å². The fourth-order valence-corrected chi connectivity index (χ4v) is 2.64. The molecule has 0 unspecified atom stereocenters. The number of anilines is 1. The molecule has 5 heteroatoms. The van der Waals surface area contributed by atoms with E-state index in [0.29, 0.717) is 0 Å². The van der Waals surface area contributed by atoms with Gasteiger partial charge in [0.1, 0.15) is 0 Å². The van der Waals surface area contributed by atoms with E-state index in [2.05, 4.69) is 26.8 Å². The first-order valence-corrected chi connectivity index (χ1v) is 7.81. The highest BCUT2D eigenvalue weighted by Crippen LogP contribution is 2.16. The molecule has 1 aromatic rings. The second-order valence-corrected chi connectivity index (χ2v) is 5.62. The van der Waals surface area contributed by atoms with Crippen molar-refractivity contribution >= 4 is 5.95 Å². The number of rotatable bonds is 8. The Bertz CT molecular complexity index is 372. The van der Waals surface area contributed by atoms with Gasteiger partial charge in [-0.1, -0.05) is 0 Å². The van der Waals surface area contributed by atoms with Crippen molar-refractivity contribution in [1.82, 2.24) is 14.5 Å². The second kappa shape index (κ2) is 8.27. The Morgan fingerprint density at radius 1 is 1.40 bits per heavy atom. The maximum Gasteiger partial charge on any atom is 0.202 e. The maximum absolute atomic E-state index is 5.38. The van der Waals surface area contributed by atoms with Gasteiger partial charge < -0.3 is 19.5 Å². The Morgan fingerprint density at radius 2 is 2.20 bits per heavy atom. The molecule has 0 spiro atoms. The third kappa shape index (κ3) is 4.80. The van der Waals surface area contributed by atoms with Crippen LogP contribution in [0.1, 0.15) is 26.2 Å². The third-order valence-electron chi connectivity index (χ3n) is 3.99. The molecule has 1 fully saturated rings. The third-order valence-corrected chi connectivity index (χ3v) is 3.99. The van der Waals surface area contributed by atoms with Crippen LogP contribution in [-0.4, -0.2) is 54.3 Å². The molecule has 5 nitrogen and oxygen atoms in total. The number of aromatic nitrogens is 2. The van der Waals surface area contributed by atoms with Gasteiger partial charge in [-0.05, 0) is 52.2 Å². The quantitative estimate of drug-likeness (QED) is 0.740. The number of imidazole rings is 1. The average molecular weight is 280 g/mol. The highest BCUT2D eigenvalue weighted by atomic mass is 16.5. The summed E-state index contributed by atoms with van der Waals surface area (Å²) >= 11 is 0. The summed E-state index contributed by atoms with van der Waals surface area (Å²) in [6.07, 6.45) is 7.52. The number of hydrogen-bond acceptors (Lipinski definition) is 4. The van der Waals surface area contributed by atoms with Crippen LogP contribution in [0.25, 0.3) is 0 Å². The number of hydrogen-bond donors (Lipinski definition) is 1. The summed E-state index contributed by atoms with van der Waals surface area (Å²) in [6.45, 7) is 8.09. The van der Waals surface area contributed by atoms with Crippen molar-refractivity contribution in [3.8, 4) is 0 Å². The van der Waals surface area contributed by atoms with E-state index in [0.717, 1.165) is 44.6 Å². The van der Waals surface area contributed by atoms with Gasteiger partial charge in [0.25, 0.3) is 0 Å². The van der Waals surface area contributed by atoms with E-state index in [9.17, 15) is 0 Å². The molecule has 0 bridgehead atoms. The summed E-state index contributed by atoms with van der Waals surface area (Å²) in [4.78, 5) is 6.82. The Morgan fingerprint density at radius 3 is 2.95 bits per heavy atom. The van der Waals surface area contributed by atoms with Gasteiger partial charge in [0.2, 0.25) is 5.95 Å². The van der Waals surface area contributed by atoms with Gasteiger partial charge in [0.15, 0.2) is 0 Å². The molecule has 0 amide bonds. The maximum atomic E-state index is 5.38. The topological polar surface area (TPSA) is 42.3 Å². The van der Waals surface area contributed by atoms with Gasteiger partial charge in [0.05, 0.1) is 0 Å². The number of aryl methyl sites for hydroxylation is 1. The Balaban J connectivity index is 1.71. The summed E-state index contributed by atoms with van der Waals surface area (Å²) in [5.41, 5.74) is 0. The van der Waals surface area contributed by atoms with Crippen molar-refractivity contribution in [2.75, 3.05) is 45.2 Å². The summed E-state index contributed by atoms with van der Waals surface area (Å²) in [6, 6.07) is 0. The van der Waals surface area contributed by atoms with Crippen LogP contribution in [0.5, 0.6) is 0 Å². The van der Waals surface area contributed by atoms with E-state index < -0.39 is 0 Å². The van der Waals surface area contributed by atoms with Gasteiger partial charge in [-0.25, -0.2) is 4.98 Å². The molecule has 1 saturated heterocycles. The van der Waals surface area contributed by atoms with Crippen molar-refractivity contribution in [2.24, 2.45) is 5.92 Å². The summed E-state index contributed by atoms with van der Waals surface area (Å²) in [7, 11) is 2.20. The number of nitrogens with zero attached hydrogens (tertiary/aromatic N) is 3. The van der Waals surface area contributed by atoms with E-state index in [-0.39, 0.29) is 0 Å². The van der Waals surface area contributed by atoms with E-state index >= 15 is 0 Å². The molecular formula is C15H28N4O. The number of piperidine rings is 1. The number of likely N-dealkylation sites (tertiary alicyclic amines) is 1. The molecule has 0 aromatic carbocycles. The highest BCUT2D eigenvalue weighted by Gasteiger charge is 2.16. The molecule has 1 aliphatic rings. The molecule has 0 saturated carbocycles. The summed E-state index contributed by atoms with van der Waals surface area (Å²) in [5, 5.41) is 3.51. The van der Waals surface area contributed by atoms with Crippen LogP contribution in [0, 0.1) is 5.92 Å². The fraction of sp³-hybridized carbons (Fsp3) is 0.800. The predicted molar refractivity (Wildman–Crippen MR) is 82.0 cm³/mol. The monoisotopic (exact) mass is 280 g/mol. The minimum absolute atomic E-state index is 0.778. The van der Waals surface area contributed by atoms with Crippen LogP contribution >= 0.6 is 0 Å². The van der Waals surface area contributed by atoms with Gasteiger partial charge >= 0.3 is 0 Å². The lowest BCUT2D eigenvalue weighted by Gasteiger charge is -2.29. The molecule has 2 heterocycles. The molecule has 1 aromatic heterocycles. The van der Waals surface area contributed by atoms with Gasteiger partial charge in [-0.2, -0.15) is 0 Å². The molecule has 0 radical (unpaired) electrons. The Kier molecular flexibility index (Phi) is 6.33. The molecule has 0 aliphatic carbocycles. The van der Waals surface area contributed by atoms with Crippen LogP contribution in [0.15, 0.2) is 12.4 Å². The zero-order valence-electron chi connectivity index (χ0n) is 12.8. The van der Waals surface area contributed by atoms with Crippen LogP contribution in [0.4, 0.5) is 5.95 Å². The predicted octanol–water partition coefficient (Wildman–Crippen LogP) is 2.06. The van der Waals surface area contributed by atoms with Crippen molar-refractivity contribution in [2.45, 2.75) is 32.7 Å². The first-order valence-electron chi connectivity index (χ1n) is 7.81. The van der Waals surface area contributed by atoms with Gasteiger partial charge in [-0.15, -0.1) is 0 Å². The zero-order chi connectivity index (χ0) is 14.2. The van der Waals surface area contributed by atoms with Crippen LogP contribution in [0.2, 0.25) is 0 Å². The van der Waals surface area contributed by atoms with Crippen LogP contribution in [0.3, 0.4) is 0 Å². The van der Waals surface area contributed by atoms with Gasteiger partial charge in [0, 0.05) is 38.7 Å². The van der Waals surface area contributed by atoms with Crippen molar-refractivity contribution in [1.29, 1.82) is 0 Å². The standard InChI is InChI=1S/C15H28N4O/c1-3-20-12-4-8-19-11-7-16-15(19)17-13-14-5-9-18(2)10-6-14/h7,11,14H,3-6,8-10,12-13H2,1-2H3,(H,16,17). The number of ether oxygens (including phenoxy) is 1. The minimum Gasteiger partial charge on any atom is -0.382 e. The lowest BCUT2D eigenvalue weighted by molar-refractivity contribution is 0.142. The van der Waals surface area contributed by atoms with E-state index in [1.807, 2.05) is 19.3 Å².